The van der Waals surface area contributed by atoms with Crippen molar-refractivity contribution in [1.82, 2.24) is 24.5 Å². The van der Waals surface area contributed by atoms with Gasteiger partial charge < -0.3 is 4.42 Å². The third-order valence-electron chi connectivity index (χ3n) is 11.2. The Labute approximate surface area is 332 Å². The van der Waals surface area contributed by atoms with Crippen molar-refractivity contribution in [2.24, 2.45) is 0 Å². The van der Waals surface area contributed by atoms with Crippen molar-refractivity contribution >= 4 is 65.3 Å². The molecule has 0 amide bonds. The molecule has 0 bridgehead atoms. The van der Waals surface area contributed by atoms with E-state index in [-0.39, 0.29) is 0 Å². The molecular weight excluding hydrogens is 711 g/mol. The van der Waals surface area contributed by atoms with Gasteiger partial charge in [0.1, 0.15) is 17.0 Å². The molecule has 3 heterocycles. The maximum absolute atomic E-state index is 6.64. The molecule has 0 saturated heterocycles. The molecule has 0 spiro atoms. The Balaban J connectivity index is 1.05. The minimum atomic E-state index is 0.579. The summed E-state index contributed by atoms with van der Waals surface area (Å²) >= 11 is 0. The van der Waals surface area contributed by atoms with E-state index in [0.29, 0.717) is 17.5 Å². The highest BCUT2D eigenvalue weighted by molar-refractivity contribution is 6.25. The summed E-state index contributed by atoms with van der Waals surface area (Å²) in [6, 6.07) is 65.0. The number of aromatic nitrogens is 5. The van der Waals surface area contributed by atoms with Crippen LogP contribution in [0.15, 0.2) is 192 Å². The molecule has 270 valence electrons. The third-order valence-corrected chi connectivity index (χ3v) is 11.2. The molecular formula is C52H31N5O. The van der Waals surface area contributed by atoms with Crippen LogP contribution in [0, 0.1) is 0 Å². The molecule has 0 atom stereocenters. The van der Waals surface area contributed by atoms with Crippen LogP contribution < -0.4 is 0 Å². The van der Waals surface area contributed by atoms with Crippen LogP contribution in [0.25, 0.3) is 117 Å². The minimum Gasteiger partial charge on any atom is -0.456 e. The Bertz CT molecular complexity index is 3540. The van der Waals surface area contributed by atoms with Crippen LogP contribution in [0.1, 0.15) is 0 Å². The molecule has 6 heteroatoms. The van der Waals surface area contributed by atoms with Crippen LogP contribution in [0.3, 0.4) is 0 Å². The molecule has 12 aromatic rings. The zero-order chi connectivity index (χ0) is 38.2. The zero-order valence-corrected chi connectivity index (χ0v) is 31.0. The van der Waals surface area contributed by atoms with Crippen molar-refractivity contribution in [2.45, 2.75) is 0 Å². The molecule has 0 unspecified atom stereocenters. The first kappa shape index (κ1) is 32.3. The average Bonchev–Trinajstić information content (AvgIpc) is 3.88. The number of para-hydroxylation sites is 3. The molecule has 0 aliphatic rings. The Morgan fingerprint density at radius 2 is 0.948 bits per heavy atom. The topological polar surface area (TPSA) is 69.6 Å². The van der Waals surface area contributed by atoms with E-state index in [1.165, 1.54) is 26.9 Å². The van der Waals surface area contributed by atoms with Crippen molar-refractivity contribution in [1.29, 1.82) is 0 Å². The standard InChI is InChI=1S/C52H31N5O/c1-3-14-32(15-4-1)49-54-50(33-26-28-40-38-20-8-7-18-36(38)37-19-9-10-21-39(37)43(40)30-33)56-51(55-49)42-22-13-25-46-48(42)41-29-27-34(31-47(41)58-46)52-53-44-23-11-12-24-45(44)57(52)35-16-5-2-6-17-35/h1-31H. The quantitative estimate of drug-likeness (QED) is 0.164. The van der Waals surface area contributed by atoms with Crippen LogP contribution in [-0.4, -0.2) is 24.5 Å². The predicted octanol–water partition coefficient (Wildman–Crippen LogP) is 13.2. The number of hydrogen-bond acceptors (Lipinski definition) is 5. The molecule has 0 aliphatic heterocycles. The molecule has 6 nitrogen and oxygen atoms in total. The van der Waals surface area contributed by atoms with Crippen molar-refractivity contribution in [2.75, 3.05) is 0 Å². The van der Waals surface area contributed by atoms with Gasteiger partial charge in [-0.05, 0) is 80.8 Å². The predicted molar refractivity (Wildman–Crippen MR) is 236 cm³/mol. The van der Waals surface area contributed by atoms with Gasteiger partial charge in [-0.15, -0.1) is 0 Å². The number of hydrogen-bond donors (Lipinski definition) is 0. The molecule has 0 radical (unpaired) electrons. The highest BCUT2D eigenvalue weighted by atomic mass is 16.3. The molecule has 9 aromatic carbocycles. The monoisotopic (exact) mass is 741 g/mol. The van der Waals surface area contributed by atoms with Crippen molar-refractivity contribution < 1.29 is 4.42 Å². The smallest absolute Gasteiger partial charge is 0.164 e. The number of fused-ring (bicyclic) bond motifs is 10. The van der Waals surface area contributed by atoms with Gasteiger partial charge >= 0.3 is 0 Å². The van der Waals surface area contributed by atoms with Crippen molar-refractivity contribution in [3.8, 4) is 51.2 Å². The van der Waals surface area contributed by atoms with Gasteiger partial charge in [0.2, 0.25) is 0 Å². The van der Waals surface area contributed by atoms with Gasteiger partial charge in [0.25, 0.3) is 0 Å². The largest absolute Gasteiger partial charge is 0.456 e. The lowest BCUT2D eigenvalue weighted by Crippen LogP contribution is -2.00. The lowest BCUT2D eigenvalue weighted by molar-refractivity contribution is 0.669. The summed E-state index contributed by atoms with van der Waals surface area (Å²) in [7, 11) is 0. The van der Waals surface area contributed by atoms with Crippen LogP contribution in [0.2, 0.25) is 0 Å². The Kier molecular flexibility index (Phi) is 7.13. The normalized spacial score (nSPS) is 11.8. The van der Waals surface area contributed by atoms with Gasteiger partial charge in [-0.3, -0.25) is 4.57 Å². The Hall–Kier alpha value is -7.96. The SMILES string of the molecule is c1ccc(-c2nc(-c3ccc4c5ccccc5c5ccccc5c4c3)nc(-c3cccc4oc5cc(-c6nc7ccccc7n6-c6ccccc6)ccc5c34)n2)cc1. The zero-order valence-electron chi connectivity index (χ0n) is 31.0. The van der Waals surface area contributed by atoms with E-state index in [4.69, 9.17) is 24.4 Å². The first-order valence-corrected chi connectivity index (χ1v) is 19.4. The second-order valence-electron chi connectivity index (χ2n) is 14.6. The van der Waals surface area contributed by atoms with Gasteiger partial charge in [-0.1, -0.05) is 140 Å². The fourth-order valence-corrected chi connectivity index (χ4v) is 8.60. The Morgan fingerprint density at radius 3 is 1.71 bits per heavy atom. The summed E-state index contributed by atoms with van der Waals surface area (Å²) in [5, 5.41) is 9.18. The summed E-state index contributed by atoms with van der Waals surface area (Å²) in [5.41, 5.74) is 8.21. The van der Waals surface area contributed by atoms with E-state index in [2.05, 4.69) is 138 Å². The molecule has 3 aromatic heterocycles. The van der Waals surface area contributed by atoms with Crippen LogP contribution in [-0.2, 0) is 0 Å². The van der Waals surface area contributed by atoms with Crippen molar-refractivity contribution in [3.05, 3.63) is 188 Å². The van der Waals surface area contributed by atoms with Gasteiger partial charge in [0.05, 0.1) is 11.0 Å². The van der Waals surface area contributed by atoms with Crippen molar-refractivity contribution in [3.63, 3.8) is 0 Å². The Morgan fingerprint density at radius 1 is 0.362 bits per heavy atom. The van der Waals surface area contributed by atoms with E-state index in [9.17, 15) is 0 Å². The van der Waals surface area contributed by atoms with Gasteiger partial charge in [-0.2, -0.15) is 0 Å². The van der Waals surface area contributed by atoms with E-state index >= 15 is 0 Å². The number of imidazole rings is 1. The lowest BCUT2D eigenvalue weighted by Gasteiger charge is -2.13. The summed E-state index contributed by atoms with van der Waals surface area (Å²) in [4.78, 5) is 20.6. The van der Waals surface area contributed by atoms with Crippen LogP contribution in [0.5, 0.6) is 0 Å². The molecule has 0 aliphatic carbocycles. The number of rotatable bonds is 5. The van der Waals surface area contributed by atoms with Crippen LogP contribution >= 0.6 is 0 Å². The average molecular weight is 742 g/mol. The number of furan rings is 1. The molecule has 0 fully saturated rings. The molecule has 0 N–H and O–H groups in total. The lowest BCUT2D eigenvalue weighted by atomic mass is 9.93. The second kappa shape index (κ2) is 12.8. The fraction of sp³-hybridized carbons (Fsp3) is 0. The maximum Gasteiger partial charge on any atom is 0.164 e. The molecule has 12 rings (SSSR count). The van der Waals surface area contributed by atoms with E-state index in [0.717, 1.165) is 72.1 Å². The summed E-state index contributed by atoms with van der Waals surface area (Å²) < 4.78 is 8.85. The van der Waals surface area contributed by atoms with E-state index < -0.39 is 0 Å². The number of nitrogens with zero attached hydrogens (tertiary/aromatic N) is 5. The van der Waals surface area contributed by atoms with E-state index in [1.807, 2.05) is 54.6 Å². The first-order valence-electron chi connectivity index (χ1n) is 19.4. The summed E-state index contributed by atoms with van der Waals surface area (Å²) in [5.74, 6) is 2.64. The highest BCUT2D eigenvalue weighted by Crippen LogP contribution is 2.40. The maximum atomic E-state index is 6.64. The first-order chi connectivity index (χ1) is 28.7. The second-order valence-corrected chi connectivity index (χ2v) is 14.6. The molecule has 58 heavy (non-hydrogen) atoms. The minimum absolute atomic E-state index is 0.579. The van der Waals surface area contributed by atoms with E-state index in [1.54, 1.807) is 0 Å². The van der Waals surface area contributed by atoms with Crippen LogP contribution in [0.4, 0.5) is 0 Å². The van der Waals surface area contributed by atoms with Gasteiger partial charge in [0, 0.05) is 38.7 Å². The summed E-state index contributed by atoms with van der Waals surface area (Å²) in [6.07, 6.45) is 0. The number of benzene rings is 9. The summed E-state index contributed by atoms with van der Waals surface area (Å²) in [6.45, 7) is 0. The van der Waals surface area contributed by atoms with Gasteiger partial charge in [0.15, 0.2) is 17.5 Å². The third kappa shape index (κ3) is 5.05. The molecule has 0 saturated carbocycles. The fourth-order valence-electron chi connectivity index (χ4n) is 8.60. The highest BCUT2D eigenvalue weighted by Gasteiger charge is 2.21. The van der Waals surface area contributed by atoms with Gasteiger partial charge in [-0.25, -0.2) is 19.9 Å².